The molecule has 298 valence electrons. The summed E-state index contributed by atoms with van der Waals surface area (Å²) in [5.74, 6) is 0.0712. The maximum atomic E-state index is 14.2. The lowest BCUT2D eigenvalue weighted by Crippen LogP contribution is -2.56. The molecular weight excluding hydrogens is 727 g/mol. The lowest BCUT2D eigenvalue weighted by molar-refractivity contribution is -0.140. The zero-order chi connectivity index (χ0) is 40.1. The van der Waals surface area contributed by atoms with E-state index >= 15 is 0 Å². The molecule has 2 fully saturated rings. The zero-order valence-electron chi connectivity index (χ0n) is 33.0. The number of nitrogens with two attached hydrogens (primary N) is 1. The molecular formula is C42H55N9O4S. The second-order valence-electron chi connectivity index (χ2n) is 16.0. The number of nitrogen functional groups attached to an aromatic ring is 1. The summed E-state index contributed by atoms with van der Waals surface area (Å²) in [6.45, 7) is 18.1. The Labute approximate surface area is 333 Å². The van der Waals surface area contributed by atoms with Crippen molar-refractivity contribution in [3.05, 3.63) is 83.6 Å². The van der Waals surface area contributed by atoms with Crippen LogP contribution in [0.25, 0.3) is 21.7 Å². The Bertz CT molecular complexity index is 2010. The highest BCUT2D eigenvalue weighted by Crippen LogP contribution is 2.33. The van der Waals surface area contributed by atoms with Crippen molar-refractivity contribution >= 4 is 34.7 Å². The summed E-state index contributed by atoms with van der Waals surface area (Å²) in [6.07, 6.45) is 0.599. The SMILES string of the molecule is C=C(N[C@@H](C)c1ccc(-c2scnc2C)cc1)[C@@H]1C[C@@H](O)CN1C(=O)[C@@H](NC(=O)CCCN1CCN(c2cc(-c3ccccc3O)nnc2N)CC1)C(C)(C)C. The Balaban J connectivity index is 0.998. The van der Waals surface area contributed by atoms with E-state index in [-0.39, 0.29) is 36.6 Å². The summed E-state index contributed by atoms with van der Waals surface area (Å²) < 4.78 is 0. The Kier molecular flexibility index (Phi) is 12.6. The predicted octanol–water partition coefficient (Wildman–Crippen LogP) is 5.12. The first-order chi connectivity index (χ1) is 26.7. The van der Waals surface area contributed by atoms with Gasteiger partial charge in [0, 0.05) is 62.9 Å². The standard InChI is InChI=1S/C42H55N9O4S/c1-26(29-13-15-30(16-14-29)38-28(3)44-25-56-38)45-27(2)34-22-31(52)24-51(34)41(55)39(42(4,5)6)46-37(54)12-9-17-49-18-20-50(21-19-49)35-23-33(47-48-40(35)43)32-10-7-8-11-36(32)53/h7-8,10-11,13-16,23,25-26,31,34,39,45,52-53H,2,9,12,17-22,24H2,1,3-6H3,(H2,43,48)(H,46,54)/t26-,31+,34-,39+/m0/s1. The van der Waals surface area contributed by atoms with Gasteiger partial charge in [0.25, 0.3) is 0 Å². The third-order valence-electron chi connectivity index (χ3n) is 10.8. The molecule has 6 N–H and O–H groups in total. The van der Waals surface area contributed by atoms with Gasteiger partial charge in [-0.2, -0.15) is 0 Å². The number of aromatic nitrogens is 3. The Morgan fingerprint density at radius 1 is 1.05 bits per heavy atom. The Hall–Kier alpha value is -5.05. The second-order valence-corrected chi connectivity index (χ2v) is 16.8. The van der Waals surface area contributed by atoms with Crippen LogP contribution in [0.15, 0.2) is 72.4 Å². The number of nitrogens with zero attached hydrogens (tertiary/aromatic N) is 6. The number of thiazole rings is 1. The lowest BCUT2D eigenvalue weighted by atomic mass is 9.85. The number of rotatable bonds is 13. The van der Waals surface area contributed by atoms with Gasteiger partial charge < -0.3 is 36.4 Å². The number of anilines is 2. The number of aromatic hydroxyl groups is 1. The van der Waals surface area contributed by atoms with E-state index in [1.165, 1.54) is 0 Å². The van der Waals surface area contributed by atoms with Crippen LogP contribution in [-0.2, 0) is 9.59 Å². The number of amides is 2. The van der Waals surface area contributed by atoms with Gasteiger partial charge in [0.2, 0.25) is 11.8 Å². The fraction of sp³-hybridized carbons (Fsp3) is 0.452. The largest absolute Gasteiger partial charge is 0.507 e. The lowest BCUT2D eigenvalue weighted by Gasteiger charge is -2.37. The molecule has 14 heteroatoms. The minimum absolute atomic E-state index is 0.0800. The van der Waals surface area contributed by atoms with Gasteiger partial charge in [0.1, 0.15) is 11.8 Å². The van der Waals surface area contributed by atoms with E-state index in [1.807, 2.05) is 45.3 Å². The van der Waals surface area contributed by atoms with Crippen LogP contribution in [0, 0.1) is 12.3 Å². The molecule has 2 amide bonds. The normalized spacial score (nSPS) is 18.8. The molecule has 0 saturated carbocycles. The number of phenolic OH excluding ortho intramolecular Hbond substituents is 1. The zero-order valence-corrected chi connectivity index (χ0v) is 33.9. The number of para-hydroxylation sites is 1. The highest BCUT2D eigenvalue weighted by atomic mass is 32.1. The first-order valence-corrected chi connectivity index (χ1v) is 20.2. The highest BCUT2D eigenvalue weighted by molar-refractivity contribution is 7.13. The molecule has 2 aliphatic heterocycles. The fourth-order valence-corrected chi connectivity index (χ4v) is 8.35. The van der Waals surface area contributed by atoms with E-state index in [0.29, 0.717) is 35.6 Å². The molecule has 4 heterocycles. The maximum absolute atomic E-state index is 14.2. The first-order valence-electron chi connectivity index (χ1n) is 19.3. The Morgan fingerprint density at radius 2 is 1.77 bits per heavy atom. The summed E-state index contributed by atoms with van der Waals surface area (Å²) in [6, 6.07) is 16.0. The van der Waals surface area contributed by atoms with Crippen molar-refractivity contribution in [2.24, 2.45) is 5.41 Å². The number of carbonyl (C=O) groups excluding carboxylic acids is 2. The van der Waals surface area contributed by atoms with Gasteiger partial charge in [0.05, 0.1) is 39.6 Å². The smallest absolute Gasteiger partial charge is 0.246 e. The van der Waals surface area contributed by atoms with Crippen molar-refractivity contribution < 1.29 is 19.8 Å². The van der Waals surface area contributed by atoms with Crippen molar-refractivity contribution in [2.75, 3.05) is 49.9 Å². The van der Waals surface area contributed by atoms with Gasteiger partial charge in [-0.15, -0.1) is 21.5 Å². The average molecular weight is 782 g/mol. The fourth-order valence-electron chi connectivity index (χ4n) is 7.54. The molecule has 56 heavy (non-hydrogen) atoms. The van der Waals surface area contributed by atoms with Crippen LogP contribution in [-0.4, -0.2) is 104 Å². The number of likely N-dealkylation sites (tertiary alicyclic amines) is 1. The van der Waals surface area contributed by atoms with Crippen LogP contribution in [0.5, 0.6) is 5.75 Å². The summed E-state index contributed by atoms with van der Waals surface area (Å²) in [5, 5.41) is 35.9. The summed E-state index contributed by atoms with van der Waals surface area (Å²) in [7, 11) is 0. The summed E-state index contributed by atoms with van der Waals surface area (Å²) in [4.78, 5) is 39.3. The number of phenols is 1. The van der Waals surface area contributed by atoms with Crippen molar-refractivity contribution in [1.82, 2.24) is 35.6 Å². The van der Waals surface area contributed by atoms with E-state index in [1.54, 1.807) is 34.4 Å². The third kappa shape index (κ3) is 9.48. The average Bonchev–Trinajstić information content (AvgIpc) is 3.79. The maximum Gasteiger partial charge on any atom is 0.246 e. The van der Waals surface area contributed by atoms with Gasteiger partial charge in [-0.25, -0.2) is 4.98 Å². The number of aliphatic hydroxyl groups is 1. The molecule has 13 nitrogen and oxygen atoms in total. The molecule has 2 aliphatic rings. The predicted molar refractivity (Wildman–Crippen MR) is 222 cm³/mol. The molecule has 0 radical (unpaired) electrons. The van der Waals surface area contributed by atoms with E-state index < -0.39 is 23.6 Å². The summed E-state index contributed by atoms with van der Waals surface area (Å²) >= 11 is 1.62. The van der Waals surface area contributed by atoms with Crippen molar-refractivity contribution in [2.45, 2.75) is 78.1 Å². The van der Waals surface area contributed by atoms with E-state index in [2.05, 4.69) is 73.4 Å². The number of aryl methyl sites for hydroxylation is 1. The van der Waals surface area contributed by atoms with Crippen molar-refractivity contribution in [3.63, 3.8) is 0 Å². The molecule has 0 bridgehead atoms. The van der Waals surface area contributed by atoms with Crippen LogP contribution >= 0.6 is 11.3 Å². The number of hydrogen-bond donors (Lipinski definition) is 5. The van der Waals surface area contributed by atoms with Crippen LogP contribution in [0.2, 0.25) is 0 Å². The van der Waals surface area contributed by atoms with Gasteiger partial charge in [-0.1, -0.05) is 63.7 Å². The summed E-state index contributed by atoms with van der Waals surface area (Å²) in [5.41, 5.74) is 13.3. The molecule has 6 rings (SSSR count). The first kappa shape index (κ1) is 40.6. The quantitative estimate of drug-likeness (QED) is 0.122. The second kappa shape index (κ2) is 17.4. The van der Waals surface area contributed by atoms with Crippen LogP contribution in [0.3, 0.4) is 0 Å². The van der Waals surface area contributed by atoms with Crippen molar-refractivity contribution in [1.29, 1.82) is 0 Å². The minimum Gasteiger partial charge on any atom is -0.507 e. The van der Waals surface area contributed by atoms with Crippen molar-refractivity contribution in [3.8, 4) is 27.4 Å². The highest BCUT2D eigenvalue weighted by Gasteiger charge is 2.43. The number of β-amino-alcohol motifs (C(OH)–C–C–N with tert-alkyl or cyclic N) is 1. The molecule has 2 saturated heterocycles. The van der Waals surface area contributed by atoms with Gasteiger partial charge in [-0.05, 0) is 61.6 Å². The minimum atomic E-state index is -0.776. The van der Waals surface area contributed by atoms with E-state index in [9.17, 15) is 19.8 Å². The number of aliphatic hydroxyl groups excluding tert-OH is 1. The molecule has 4 atom stereocenters. The van der Waals surface area contributed by atoms with Crippen LogP contribution in [0.1, 0.15) is 64.3 Å². The van der Waals surface area contributed by atoms with Crippen LogP contribution in [0.4, 0.5) is 11.5 Å². The van der Waals surface area contributed by atoms with E-state index in [4.69, 9.17) is 5.73 Å². The van der Waals surface area contributed by atoms with Gasteiger partial charge in [0.15, 0.2) is 5.82 Å². The number of hydrogen-bond acceptors (Lipinski definition) is 12. The monoisotopic (exact) mass is 781 g/mol. The van der Waals surface area contributed by atoms with E-state index in [0.717, 1.165) is 60.1 Å². The number of nitrogens with one attached hydrogen (secondary N) is 2. The van der Waals surface area contributed by atoms with Gasteiger partial charge >= 0.3 is 0 Å². The number of carbonyl (C=O) groups is 2. The number of benzene rings is 2. The molecule has 0 spiro atoms. The molecule has 4 aromatic rings. The topological polar surface area (TPSA) is 173 Å². The van der Waals surface area contributed by atoms with Gasteiger partial charge in [-0.3, -0.25) is 14.5 Å². The third-order valence-corrected chi connectivity index (χ3v) is 11.8. The molecule has 2 aromatic carbocycles. The molecule has 0 unspecified atom stereocenters. The number of piperazine rings is 1. The van der Waals surface area contributed by atoms with Crippen LogP contribution < -0.4 is 21.3 Å². The molecule has 2 aromatic heterocycles. The molecule has 0 aliphatic carbocycles. The Morgan fingerprint density at radius 3 is 2.43 bits per heavy atom.